The van der Waals surface area contributed by atoms with Crippen LogP contribution in [0.5, 0.6) is 11.5 Å². The summed E-state index contributed by atoms with van der Waals surface area (Å²) >= 11 is 0. The van der Waals surface area contributed by atoms with Crippen LogP contribution in [0.15, 0.2) is 71.4 Å². The van der Waals surface area contributed by atoms with Crippen molar-refractivity contribution in [3.63, 3.8) is 0 Å². The molecule has 0 amide bonds. The number of rotatable bonds is 14. The molecule has 1 aliphatic heterocycles. The second-order valence-corrected chi connectivity index (χ2v) is 10.9. The summed E-state index contributed by atoms with van der Waals surface area (Å²) in [6.45, 7) is 6.33. The molecule has 8 nitrogen and oxygen atoms in total. The number of hydrogen-bond donors (Lipinski definition) is 0. The molecule has 0 N–H and O–H groups in total. The average molecular weight is 502 g/mol. The number of azo groups is 1. The van der Waals surface area contributed by atoms with E-state index in [4.69, 9.17) is 14.2 Å². The van der Waals surface area contributed by atoms with Gasteiger partial charge in [0.25, 0.3) is 0 Å². The fraction of sp³-hybridized carbons (Fsp3) is 0.462. The number of ether oxygens (including phenoxy) is 3. The molecule has 0 bridgehead atoms. The SMILES string of the molecule is C=CCC[C@@H](CCC1(C)N=NCO1)S(=O)(=O)N(Cc1ccc(OC)cc1)Cc1ccc(OC)cc1. The normalized spacial score (nSPS) is 18.5. The number of benzene rings is 2. The Bertz CT molecular complexity index is 1040. The third-order valence-corrected chi connectivity index (χ3v) is 8.45. The smallest absolute Gasteiger partial charge is 0.217 e. The first-order chi connectivity index (χ1) is 16.8. The van der Waals surface area contributed by atoms with Gasteiger partial charge in [-0.25, -0.2) is 8.42 Å². The lowest BCUT2D eigenvalue weighted by Gasteiger charge is -2.29. The number of hydrogen-bond acceptors (Lipinski definition) is 7. The van der Waals surface area contributed by atoms with E-state index in [1.54, 1.807) is 24.6 Å². The molecule has 0 saturated carbocycles. The van der Waals surface area contributed by atoms with E-state index in [0.29, 0.717) is 25.7 Å². The minimum atomic E-state index is -3.69. The average Bonchev–Trinajstić information content (AvgIpc) is 3.30. The van der Waals surface area contributed by atoms with E-state index in [-0.39, 0.29) is 19.8 Å². The van der Waals surface area contributed by atoms with Crippen LogP contribution in [-0.2, 0) is 27.8 Å². The van der Waals surface area contributed by atoms with Gasteiger partial charge in [-0.2, -0.15) is 14.5 Å². The molecule has 0 radical (unpaired) electrons. The van der Waals surface area contributed by atoms with Crippen LogP contribution >= 0.6 is 0 Å². The van der Waals surface area contributed by atoms with Gasteiger partial charge in [-0.3, -0.25) is 0 Å². The molecule has 3 rings (SSSR count). The van der Waals surface area contributed by atoms with Crippen LogP contribution < -0.4 is 9.47 Å². The minimum Gasteiger partial charge on any atom is -0.497 e. The van der Waals surface area contributed by atoms with Crippen molar-refractivity contribution in [1.82, 2.24) is 4.31 Å². The standard InChI is InChI=1S/C26H35N3O5S/c1-5-6-7-25(16-17-26(2)28-27-20-34-26)35(30,31)29(18-21-8-12-23(32-3)13-9-21)19-22-10-14-24(33-4)15-11-22/h5,8-15,25H,1,6-7,16-20H2,2-4H3/t25-,26?/m0/s1. The highest BCUT2D eigenvalue weighted by Gasteiger charge is 2.36. The van der Waals surface area contributed by atoms with Crippen molar-refractivity contribution in [1.29, 1.82) is 0 Å². The first-order valence-electron chi connectivity index (χ1n) is 11.7. The van der Waals surface area contributed by atoms with Gasteiger partial charge in [0, 0.05) is 13.1 Å². The summed E-state index contributed by atoms with van der Waals surface area (Å²) in [6, 6.07) is 14.9. The molecule has 2 aromatic rings. The van der Waals surface area contributed by atoms with E-state index >= 15 is 0 Å². The Morgan fingerprint density at radius 3 is 2.00 bits per heavy atom. The number of nitrogens with zero attached hydrogens (tertiary/aromatic N) is 3. The van der Waals surface area contributed by atoms with Crippen molar-refractivity contribution in [2.75, 3.05) is 21.0 Å². The van der Waals surface area contributed by atoms with Crippen LogP contribution in [0.25, 0.3) is 0 Å². The van der Waals surface area contributed by atoms with Gasteiger partial charge < -0.3 is 14.2 Å². The van der Waals surface area contributed by atoms with E-state index in [0.717, 1.165) is 22.6 Å². The summed E-state index contributed by atoms with van der Waals surface area (Å²) < 4.78 is 45.8. The molecule has 0 saturated heterocycles. The molecule has 0 spiro atoms. The predicted molar refractivity (Wildman–Crippen MR) is 136 cm³/mol. The molecule has 35 heavy (non-hydrogen) atoms. The van der Waals surface area contributed by atoms with Crippen LogP contribution in [0.1, 0.15) is 43.7 Å². The topological polar surface area (TPSA) is 89.8 Å². The molecule has 0 fully saturated rings. The Labute approximate surface area is 208 Å². The largest absolute Gasteiger partial charge is 0.497 e. The molecule has 0 aromatic heterocycles. The minimum absolute atomic E-state index is 0.210. The van der Waals surface area contributed by atoms with Gasteiger partial charge in [0.15, 0.2) is 12.5 Å². The highest BCUT2D eigenvalue weighted by Crippen LogP contribution is 2.30. The summed E-state index contributed by atoms with van der Waals surface area (Å²) in [7, 11) is -0.477. The maximum Gasteiger partial charge on any atom is 0.217 e. The first kappa shape index (κ1) is 26.8. The lowest BCUT2D eigenvalue weighted by atomic mass is 10.1. The Balaban J connectivity index is 1.88. The predicted octanol–water partition coefficient (Wildman–Crippen LogP) is 5.31. The Kier molecular flexibility index (Phi) is 9.42. The molecule has 1 unspecified atom stereocenters. The monoisotopic (exact) mass is 501 g/mol. The molecule has 2 atom stereocenters. The van der Waals surface area contributed by atoms with Gasteiger partial charge >= 0.3 is 0 Å². The molecule has 9 heteroatoms. The molecular formula is C26H35N3O5S. The van der Waals surface area contributed by atoms with Crippen LogP contribution in [-0.4, -0.2) is 44.6 Å². The lowest BCUT2D eigenvalue weighted by Crippen LogP contribution is -2.39. The third kappa shape index (κ3) is 7.37. The van der Waals surface area contributed by atoms with Gasteiger partial charge in [0.2, 0.25) is 10.0 Å². The lowest BCUT2D eigenvalue weighted by molar-refractivity contribution is 0.00332. The summed E-state index contributed by atoms with van der Waals surface area (Å²) in [5.41, 5.74) is 0.981. The fourth-order valence-electron chi connectivity index (χ4n) is 3.99. The van der Waals surface area contributed by atoms with Crippen LogP contribution in [0, 0.1) is 0 Å². The quantitative estimate of drug-likeness (QED) is 0.327. The molecule has 2 aromatic carbocycles. The molecular weight excluding hydrogens is 466 g/mol. The zero-order valence-corrected chi connectivity index (χ0v) is 21.5. The zero-order valence-electron chi connectivity index (χ0n) is 20.7. The van der Waals surface area contributed by atoms with E-state index < -0.39 is 21.0 Å². The van der Waals surface area contributed by atoms with Gasteiger partial charge in [-0.05, 0) is 68.0 Å². The van der Waals surface area contributed by atoms with E-state index in [9.17, 15) is 8.42 Å². The van der Waals surface area contributed by atoms with Crippen molar-refractivity contribution >= 4 is 10.0 Å². The van der Waals surface area contributed by atoms with Crippen LogP contribution in [0.3, 0.4) is 0 Å². The number of allylic oxidation sites excluding steroid dienone is 1. The summed E-state index contributed by atoms with van der Waals surface area (Å²) in [4.78, 5) is 0. The number of sulfonamides is 1. The highest BCUT2D eigenvalue weighted by molar-refractivity contribution is 7.89. The summed E-state index contributed by atoms with van der Waals surface area (Å²) in [5, 5.41) is 7.48. The Hall–Kier alpha value is -2.75. The second-order valence-electron chi connectivity index (χ2n) is 8.73. The Morgan fingerprint density at radius 2 is 1.57 bits per heavy atom. The van der Waals surface area contributed by atoms with E-state index in [2.05, 4.69) is 16.8 Å². The third-order valence-electron chi connectivity index (χ3n) is 6.16. The maximum atomic E-state index is 14.0. The summed E-state index contributed by atoms with van der Waals surface area (Å²) in [6.07, 6.45) is 3.71. The molecule has 0 aliphatic carbocycles. The number of methoxy groups -OCH3 is 2. The van der Waals surface area contributed by atoms with Gasteiger partial charge in [0.1, 0.15) is 11.5 Å². The Morgan fingerprint density at radius 1 is 1.03 bits per heavy atom. The second kappa shape index (κ2) is 12.3. The van der Waals surface area contributed by atoms with E-state index in [1.165, 1.54) is 0 Å². The van der Waals surface area contributed by atoms with Gasteiger partial charge in [0.05, 0.1) is 19.5 Å². The van der Waals surface area contributed by atoms with Crippen molar-refractivity contribution in [3.05, 3.63) is 72.3 Å². The molecule has 1 aliphatic rings. The molecule has 1 heterocycles. The van der Waals surface area contributed by atoms with Crippen molar-refractivity contribution < 1.29 is 22.6 Å². The van der Waals surface area contributed by atoms with Crippen molar-refractivity contribution in [3.8, 4) is 11.5 Å². The molecule has 190 valence electrons. The van der Waals surface area contributed by atoms with Gasteiger partial charge in [-0.15, -0.1) is 6.58 Å². The fourth-order valence-corrected chi connectivity index (χ4v) is 5.92. The van der Waals surface area contributed by atoms with Crippen molar-refractivity contribution in [2.24, 2.45) is 10.2 Å². The van der Waals surface area contributed by atoms with Crippen molar-refractivity contribution in [2.45, 2.75) is 56.7 Å². The maximum absolute atomic E-state index is 14.0. The summed E-state index contributed by atoms with van der Waals surface area (Å²) in [5.74, 6) is 1.45. The van der Waals surface area contributed by atoms with Crippen LogP contribution in [0.2, 0.25) is 0 Å². The highest BCUT2D eigenvalue weighted by atomic mass is 32.2. The van der Waals surface area contributed by atoms with E-state index in [1.807, 2.05) is 55.5 Å². The first-order valence-corrected chi connectivity index (χ1v) is 13.2. The van der Waals surface area contributed by atoms with Gasteiger partial charge in [-0.1, -0.05) is 30.3 Å². The zero-order chi connectivity index (χ0) is 25.3. The van der Waals surface area contributed by atoms with Crippen LogP contribution in [0.4, 0.5) is 0 Å².